The summed E-state index contributed by atoms with van der Waals surface area (Å²) < 4.78 is 0. The second-order valence-electron chi connectivity index (χ2n) is 4.78. The van der Waals surface area contributed by atoms with Gasteiger partial charge in [0.1, 0.15) is 11.3 Å². The standard InChI is InChI=1S/C13H15N3O5/c17-11(15-8-4-5-8)6-7-14-10-3-1-2-9(13(18)19)12(10)16(20)21/h1-3,8,14H,4-7H2,(H,15,17)(H,18,19). The molecule has 0 unspecified atom stereocenters. The van der Waals surface area contributed by atoms with Crippen LogP contribution in [-0.2, 0) is 4.79 Å². The lowest BCUT2D eigenvalue weighted by Gasteiger charge is -2.08. The lowest BCUT2D eigenvalue weighted by molar-refractivity contribution is -0.384. The van der Waals surface area contributed by atoms with Gasteiger partial charge in [-0.2, -0.15) is 0 Å². The molecule has 1 aromatic rings. The van der Waals surface area contributed by atoms with Gasteiger partial charge >= 0.3 is 11.7 Å². The topological polar surface area (TPSA) is 122 Å². The average molecular weight is 293 g/mol. The van der Waals surface area contributed by atoms with Crippen molar-refractivity contribution in [3.05, 3.63) is 33.9 Å². The number of carboxylic acids is 1. The highest BCUT2D eigenvalue weighted by Crippen LogP contribution is 2.28. The highest BCUT2D eigenvalue weighted by molar-refractivity contribution is 5.95. The fourth-order valence-electron chi connectivity index (χ4n) is 1.89. The Morgan fingerprint density at radius 1 is 1.38 bits per heavy atom. The number of anilines is 1. The number of amides is 1. The van der Waals surface area contributed by atoms with Crippen LogP contribution < -0.4 is 10.6 Å². The number of rotatable bonds is 7. The molecule has 112 valence electrons. The molecule has 1 amide bonds. The van der Waals surface area contributed by atoms with Crippen LogP contribution in [0.2, 0.25) is 0 Å². The minimum atomic E-state index is -1.36. The van der Waals surface area contributed by atoms with E-state index in [1.165, 1.54) is 18.2 Å². The van der Waals surface area contributed by atoms with E-state index in [0.29, 0.717) is 0 Å². The highest BCUT2D eigenvalue weighted by atomic mass is 16.6. The van der Waals surface area contributed by atoms with Crippen molar-refractivity contribution in [3.63, 3.8) is 0 Å². The zero-order valence-electron chi connectivity index (χ0n) is 11.2. The molecule has 8 heteroatoms. The first-order valence-electron chi connectivity index (χ1n) is 6.53. The van der Waals surface area contributed by atoms with Crippen LogP contribution in [0.4, 0.5) is 11.4 Å². The van der Waals surface area contributed by atoms with E-state index in [2.05, 4.69) is 10.6 Å². The molecule has 0 aromatic heterocycles. The summed E-state index contributed by atoms with van der Waals surface area (Å²) in [6.07, 6.45) is 2.15. The first-order chi connectivity index (χ1) is 9.99. The minimum absolute atomic E-state index is 0.0964. The first-order valence-corrected chi connectivity index (χ1v) is 6.53. The normalized spacial score (nSPS) is 13.5. The minimum Gasteiger partial charge on any atom is -0.477 e. The van der Waals surface area contributed by atoms with Gasteiger partial charge < -0.3 is 15.7 Å². The van der Waals surface area contributed by atoms with E-state index < -0.39 is 16.6 Å². The van der Waals surface area contributed by atoms with Crippen LogP contribution in [0.1, 0.15) is 29.6 Å². The molecule has 0 atom stereocenters. The predicted octanol–water partition coefficient (Wildman–Crippen LogP) is 1.37. The highest BCUT2D eigenvalue weighted by Gasteiger charge is 2.25. The van der Waals surface area contributed by atoms with E-state index in [4.69, 9.17) is 5.11 Å². The number of nitrogens with one attached hydrogen (secondary N) is 2. The monoisotopic (exact) mass is 293 g/mol. The van der Waals surface area contributed by atoms with Crippen LogP contribution in [0.5, 0.6) is 0 Å². The van der Waals surface area contributed by atoms with Crippen molar-refractivity contribution in [1.29, 1.82) is 0 Å². The van der Waals surface area contributed by atoms with Crippen LogP contribution >= 0.6 is 0 Å². The molecule has 3 N–H and O–H groups in total. The van der Waals surface area contributed by atoms with E-state index in [1.807, 2.05) is 0 Å². The summed E-state index contributed by atoms with van der Waals surface area (Å²) in [6, 6.07) is 4.28. The smallest absolute Gasteiger partial charge is 0.342 e. The lowest BCUT2D eigenvalue weighted by atomic mass is 10.1. The Balaban J connectivity index is 2.01. The Bertz CT molecular complexity index is 583. The maximum Gasteiger partial charge on any atom is 0.342 e. The Hall–Kier alpha value is -2.64. The number of hydrogen-bond donors (Lipinski definition) is 3. The molecule has 0 aliphatic heterocycles. The van der Waals surface area contributed by atoms with E-state index in [-0.39, 0.29) is 36.2 Å². The van der Waals surface area contributed by atoms with Gasteiger partial charge in [0.05, 0.1) is 4.92 Å². The fourth-order valence-corrected chi connectivity index (χ4v) is 1.89. The molecule has 1 saturated carbocycles. The number of carbonyl (C=O) groups is 2. The van der Waals surface area contributed by atoms with Crippen LogP contribution in [0, 0.1) is 10.1 Å². The fraction of sp³-hybridized carbons (Fsp3) is 0.385. The predicted molar refractivity (Wildman–Crippen MR) is 74.3 cm³/mol. The van der Waals surface area contributed by atoms with E-state index in [9.17, 15) is 19.7 Å². The largest absolute Gasteiger partial charge is 0.477 e. The van der Waals surface area contributed by atoms with Crippen LogP contribution in [0.3, 0.4) is 0 Å². The number of carbonyl (C=O) groups excluding carboxylic acids is 1. The van der Waals surface area contributed by atoms with Crippen molar-refractivity contribution in [3.8, 4) is 0 Å². The number of hydrogen-bond acceptors (Lipinski definition) is 5. The molecule has 0 spiro atoms. The third-order valence-corrected chi connectivity index (χ3v) is 3.06. The van der Waals surface area contributed by atoms with Crippen LogP contribution in [0.25, 0.3) is 0 Å². The maximum atomic E-state index is 11.5. The average Bonchev–Trinajstić information content (AvgIpc) is 3.21. The summed E-state index contributed by atoms with van der Waals surface area (Å²) >= 11 is 0. The number of carboxylic acid groups (broad SMARTS) is 1. The summed E-state index contributed by atoms with van der Waals surface area (Å²) in [6.45, 7) is 0.197. The van der Waals surface area contributed by atoms with E-state index in [0.717, 1.165) is 12.8 Å². The summed E-state index contributed by atoms with van der Waals surface area (Å²) in [5.74, 6) is -1.49. The SMILES string of the molecule is O=C(CCNc1cccc(C(=O)O)c1[N+](=O)[O-])NC1CC1. The molecule has 0 heterocycles. The number of benzene rings is 1. The van der Waals surface area contributed by atoms with Gasteiger partial charge in [-0.05, 0) is 25.0 Å². The van der Waals surface area contributed by atoms with E-state index in [1.54, 1.807) is 0 Å². The van der Waals surface area contributed by atoms with Gasteiger partial charge in [-0.15, -0.1) is 0 Å². The van der Waals surface area contributed by atoms with Gasteiger partial charge in [-0.3, -0.25) is 14.9 Å². The van der Waals surface area contributed by atoms with Crippen molar-refractivity contribution in [2.75, 3.05) is 11.9 Å². The number of nitro benzene ring substituents is 1. The summed E-state index contributed by atoms with van der Waals surface area (Å²) in [4.78, 5) is 32.8. The Morgan fingerprint density at radius 3 is 2.67 bits per heavy atom. The van der Waals surface area contributed by atoms with Gasteiger partial charge in [0.15, 0.2) is 0 Å². The third kappa shape index (κ3) is 3.91. The van der Waals surface area contributed by atoms with Gasteiger partial charge in [-0.25, -0.2) is 4.79 Å². The van der Waals surface area contributed by atoms with Crippen LogP contribution in [0.15, 0.2) is 18.2 Å². The van der Waals surface area contributed by atoms with E-state index >= 15 is 0 Å². The molecule has 0 radical (unpaired) electrons. The molecule has 1 aliphatic carbocycles. The van der Waals surface area contributed by atoms with Crippen molar-refractivity contribution >= 4 is 23.3 Å². The lowest BCUT2D eigenvalue weighted by Crippen LogP contribution is -2.27. The number of para-hydroxylation sites is 1. The number of aromatic carboxylic acids is 1. The second kappa shape index (κ2) is 6.21. The molecule has 1 fully saturated rings. The van der Waals surface area contributed by atoms with Crippen molar-refractivity contribution in [2.45, 2.75) is 25.3 Å². The number of nitro groups is 1. The Kier molecular flexibility index (Phi) is 4.36. The molecule has 1 aliphatic rings. The van der Waals surface area contributed by atoms with Gasteiger partial charge in [-0.1, -0.05) is 6.07 Å². The molecular formula is C13H15N3O5. The summed E-state index contributed by atoms with van der Waals surface area (Å²) in [7, 11) is 0. The first kappa shape index (κ1) is 14.8. The molecule has 1 aromatic carbocycles. The molecule has 2 rings (SSSR count). The van der Waals surface area contributed by atoms with Crippen LogP contribution in [-0.4, -0.2) is 34.5 Å². The molecule has 21 heavy (non-hydrogen) atoms. The molecule has 0 saturated heterocycles. The van der Waals surface area contributed by atoms with Crippen molar-refractivity contribution in [2.24, 2.45) is 0 Å². The quantitative estimate of drug-likeness (QED) is 0.515. The second-order valence-corrected chi connectivity index (χ2v) is 4.78. The third-order valence-electron chi connectivity index (χ3n) is 3.06. The Labute approximate surface area is 120 Å². The molecular weight excluding hydrogens is 278 g/mol. The molecule has 8 nitrogen and oxygen atoms in total. The molecule has 0 bridgehead atoms. The zero-order chi connectivity index (χ0) is 15.4. The summed E-state index contributed by atoms with van der Waals surface area (Å²) in [5.41, 5.74) is -0.779. The number of nitrogens with zero attached hydrogens (tertiary/aromatic N) is 1. The van der Waals surface area contributed by atoms with Gasteiger partial charge in [0, 0.05) is 19.0 Å². The van der Waals surface area contributed by atoms with Gasteiger partial charge in [0.25, 0.3) is 0 Å². The van der Waals surface area contributed by atoms with Gasteiger partial charge in [0.2, 0.25) is 5.91 Å². The zero-order valence-corrected chi connectivity index (χ0v) is 11.2. The van der Waals surface area contributed by atoms with Crippen molar-refractivity contribution < 1.29 is 19.6 Å². The maximum absolute atomic E-state index is 11.5. The van der Waals surface area contributed by atoms with Crippen molar-refractivity contribution in [1.82, 2.24) is 5.32 Å². The Morgan fingerprint density at radius 2 is 2.10 bits per heavy atom. The summed E-state index contributed by atoms with van der Waals surface area (Å²) in [5, 5.41) is 25.5.